The molecule has 0 aliphatic carbocycles. The van der Waals surface area contributed by atoms with Gasteiger partial charge in [-0.2, -0.15) is 0 Å². The molecule has 0 aliphatic rings. The van der Waals surface area contributed by atoms with Crippen LogP contribution in [0.15, 0.2) is 0 Å². The molecule has 1 aromatic carbocycles. The Morgan fingerprint density at radius 1 is 0.950 bits per heavy atom. The van der Waals surface area contributed by atoms with Crippen molar-refractivity contribution in [1.29, 1.82) is 0 Å². The normalized spacial score (nSPS) is 9.45. The van der Waals surface area contributed by atoms with Crippen LogP contribution >= 0.6 is 0 Å². The SMILES string of the molecule is C=c1c(F)c(C)c(C)c(F)/c1=C/C.CC.CF.FCF. The van der Waals surface area contributed by atoms with Crippen LogP contribution in [0.3, 0.4) is 0 Å². The largest absolute Gasteiger partial charge is 0.255 e. The van der Waals surface area contributed by atoms with E-state index in [4.69, 9.17) is 0 Å². The molecule has 0 aromatic heterocycles. The van der Waals surface area contributed by atoms with Crippen LogP contribution in [0, 0.1) is 25.5 Å². The Bertz CT molecular complexity index is 466. The maximum atomic E-state index is 13.5. The molecule has 0 radical (unpaired) electrons. The molecule has 20 heavy (non-hydrogen) atoms. The summed E-state index contributed by atoms with van der Waals surface area (Å²) in [6, 6.07) is 0. The van der Waals surface area contributed by atoms with Gasteiger partial charge in [0, 0.05) is 10.4 Å². The predicted molar refractivity (Wildman–Crippen MR) is 76.2 cm³/mol. The van der Waals surface area contributed by atoms with E-state index in [1.807, 2.05) is 13.8 Å². The van der Waals surface area contributed by atoms with Crippen LogP contribution in [-0.2, 0) is 0 Å². The van der Waals surface area contributed by atoms with Gasteiger partial charge >= 0.3 is 0 Å². The minimum atomic E-state index is -1.75. The lowest BCUT2D eigenvalue weighted by atomic mass is 10.1. The Morgan fingerprint density at radius 3 is 1.55 bits per heavy atom. The van der Waals surface area contributed by atoms with E-state index in [-0.39, 0.29) is 16.3 Å². The number of rotatable bonds is 0. The van der Waals surface area contributed by atoms with Crippen LogP contribution in [0.2, 0.25) is 0 Å². The average molecular weight is 298 g/mol. The summed E-state index contributed by atoms with van der Waals surface area (Å²) in [6.07, 6.45) is 1.53. The second kappa shape index (κ2) is 14.0. The standard InChI is InChI=1S/C11H12F2.C2H6.CH2F2.CH3F/c1-5-9-8(4)10(12)6(2)7(3)11(9)13;1-2;2-1-3;1-2/h5H,4H2,1-3H3;1-2H3;1H2;1H3/b9-5+;;;. The summed E-state index contributed by atoms with van der Waals surface area (Å²) in [7, 11) is 0.500. The monoisotopic (exact) mass is 298 g/mol. The van der Waals surface area contributed by atoms with Crippen LogP contribution in [0.5, 0.6) is 0 Å². The first-order chi connectivity index (χ1) is 9.42. The minimum Gasteiger partial charge on any atom is -0.255 e. The van der Waals surface area contributed by atoms with Crippen molar-refractivity contribution in [2.45, 2.75) is 34.6 Å². The molecular formula is C15H23F5. The first-order valence-corrected chi connectivity index (χ1v) is 6.01. The number of hydrogen-bond donors (Lipinski definition) is 0. The zero-order valence-corrected chi connectivity index (χ0v) is 12.9. The molecule has 0 aliphatic heterocycles. The van der Waals surface area contributed by atoms with Crippen LogP contribution in [-0.4, -0.2) is 14.1 Å². The van der Waals surface area contributed by atoms with Crippen molar-refractivity contribution in [3.8, 4) is 0 Å². The highest BCUT2D eigenvalue weighted by Gasteiger charge is 2.09. The van der Waals surface area contributed by atoms with E-state index in [9.17, 15) is 22.0 Å². The fourth-order valence-electron chi connectivity index (χ4n) is 1.31. The summed E-state index contributed by atoms with van der Waals surface area (Å²) in [4.78, 5) is 0. The van der Waals surface area contributed by atoms with Gasteiger partial charge < -0.3 is 0 Å². The third kappa shape index (κ3) is 6.68. The van der Waals surface area contributed by atoms with Crippen LogP contribution in [0.25, 0.3) is 12.7 Å². The number of alkyl halides is 3. The van der Waals surface area contributed by atoms with Crippen LogP contribution in [0.4, 0.5) is 22.0 Å². The molecular weight excluding hydrogens is 275 g/mol. The second-order valence-corrected chi connectivity index (χ2v) is 3.16. The molecule has 118 valence electrons. The number of halogens is 5. The highest BCUT2D eigenvalue weighted by atomic mass is 19.3. The molecule has 5 heteroatoms. The van der Waals surface area contributed by atoms with Crippen molar-refractivity contribution in [3.05, 3.63) is 33.2 Å². The highest BCUT2D eigenvalue weighted by Crippen LogP contribution is 2.08. The van der Waals surface area contributed by atoms with Crippen molar-refractivity contribution in [3.63, 3.8) is 0 Å². The van der Waals surface area contributed by atoms with Crippen LogP contribution in [0.1, 0.15) is 31.9 Å². The van der Waals surface area contributed by atoms with Gasteiger partial charge in [0.15, 0.2) is 0 Å². The van der Waals surface area contributed by atoms with Gasteiger partial charge in [-0.15, -0.1) is 0 Å². The van der Waals surface area contributed by atoms with E-state index in [0.717, 1.165) is 0 Å². The Kier molecular flexibility index (Phi) is 16.6. The smallest absolute Gasteiger partial charge is 0.229 e. The summed E-state index contributed by atoms with van der Waals surface area (Å²) in [6.45, 7) is 10.6. The molecule has 0 fully saturated rings. The van der Waals surface area contributed by atoms with Gasteiger partial charge in [0.1, 0.15) is 11.6 Å². The topological polar surface area (TPSA) is 0 Å². The zero-order valence-electron chi connectivity index (χ0n) is 12.9. The lowest BCUT2D eigenvalue weighted by Crippen LogP contribution is -2.32. The second-order valence-electron chi connectivity index (χ2n) is 3.16. The molecule has 0 heterocycles. The summed E-state index contributed by atoms with van der Waals surface area (Å²) in [5.74, 6) is -0.779. The van der Waals surface area contributed by atoms with E-state index in [2.05, 4.69) is 6.58 Å². The molecule has 0 atom stereocenters. The van der Waals surface area contributed by atoms with Crippen molar-refractivity contribution in [2.75, 3.05) is 14.1 Å². The van der Waals surface area contributed by atoms with Gasteiger partial charge in [-0.25, -0.2) is 17.6 Å². The third-order valence-electron chi connectivity index (χ3n) is 2.34. The molecule has 0 saturated heterocycles. The van der Waals surface area contributed by atoms with E-state index in [1.165, 1.54) is 6.08 Å². The predicted octanol–water partition coefficient (Wildman–Crippen LogP) is 4.29. The fraction of sp³-hybridized carbons (Fsp3) is 0.467. The molecule has 0 bridgehead atoms. The van der Waals surface area contributed by atoms with E-state index in [0.29, 0.717) is 18.3 Å². The zero-order chi connectivity index (χ0) is 16.9. The molecule has 1 rings (SSSR count). The summed E-state index contributed by atoms with van der Waals surface area (Å²) in [5, 5.41) is 0.406. The first-order valence-electron chi connectivity index (χ1n) is 6.01. The maximum absolute atomic E-state index is 13.5. The quantitative estimate of drug-likeness (QED) is 0.627. The summed E-state index contributed by atoms with van der Waals surface area (Å²) >= 11 is 0. The van der Waals surface area contributed by atoms with Crippen molar-refractivity contribution >= 4 is 12.7 Å². The Hall–Kier alpha value is -1.39. The van der Waals surface area contributed by atoms with E-state index < -0.39 is 12.7 Å². The Labute approximate surface area is 117 Å². The van der Waals surface area contributed by atoms with Gasteiger partial charge in [0.2, 0.25) is 6.93 Å². The highest BCUT2D eigenvalue weighted by molar-refractivity contribution is 5.35. The lowest BCUT2D eigenvalue weighted by molar-refractivity contribution is 0.295. The molecule has 0 saturated carbocycles. The van der Waals surface area contributed by atoms with E-state index in [1.54, 1.807) is 20.8 Å². The third-order valence-corrected chi connectivity index (χ3v) is 2.34. The first kappa shape index (κ1) is 23.7. The van der Waals surface area contributed by atoms with Gasteiger partial charge in [-0.3, -0.25) is 4.39 Å². The van der Waals surface area contributed by atoms with Crippen molar-refractivity contribution in [1.82, 2.24) is 0 Å². The maximum Gasteiger partial charge on any atom is 0.229 e. The van der Waals surface area contributed by atoms with Crippen molar-refractivity contribution in [2.24, 2.45) is 0 Å². The summed E-state index contributed by atoms with van der Waals surface area (Å²) < 4.78 is 55.6. The lowest BCUT2D eigenvalue weighted by Gasteiger charge is -2.04. The molecule has 0 amide bonds. The number of hydrogen-bond acceptors (Lipinski definition) is 0. The number of benzene rings is 1. The molecule has 0 unspecified atom stereocenters. The molecule has 0 N–H and O–H groups in total. The van der Waals surface area contributed by atoms with Gasteiger partial charge in [0.25, 0.3) is 0 Å². The van der Waals surface area contributed by atoms with Crippen molar-refractivity contribution < 1.29 is 22.0 Å². The molecule has 0 spiro atoms. The Balaban J connectivity index is -0.000000355. The van der Waals surface area contributed by atoms with Gasteiger partial charge in [-0.1, -0.05) is 26.5 Å². The van der Waals surface area contributed by atoms with Crippen LogP contribution < -0.4 is 10.4 Å². The van der Waals surface area contributed by atoms with Gasteiger partial charge in [-0.05, 0) is 31.9 Å². The molecule has 0 nitrogen and oxygen atoms in total. The minimum absolute atomic E-state index is 0.142. The summed E-state index contributed by atoms with van der Waals surface area (Å²) in [5.41, 5.74) is 0.700. The average Bonchev–Trinajstić information content (AvgIpc) is 2.49. The fourth-order valence-corrected chi connectivity index (χ4v) is 1.31. The van der Waals surface area contributed by atoms with E-state index >= 15 is 0 Å². The van der Waals surface area contributed by atoms with Gasteiger partial charge in [0.05, 0.1) is 7.18 Å². The Morgan fingerprint density at radius 2 is 1.25 bits per heavy atom. The molecule has 1 aromatic rings.